The van der Waals surface area contributed by atoms with Gasteiger partial charge in [0, 0.05) is 35.5 Å². The van der Waals surface area contributed by atoms with Crippen molar-refractivity contribution in [3.8, 4) is 11.5 Å². The molecule has 0 saturated heterocycles. The summed E-state index contributed by atoms with van der Waals surface area (Å²) in [5.74, 6) is 0.575. The normalized spacial score (nSPS) is 14.6. The van der Waals surface area contributed by atoms with Gasteiger partial charge in [-0.15, -0.1) is 0 Å². The highest BCUT2D eigenvalue weighted by Crippen LogP contribution is 2.59. The van der Waals surface area contributed by atoms with E-state index in [9.17, 15) is 18.0 Å². The number of nitrogens with zero attached hydrogens (tertiary/aromatic N) is 1. The lowest BCUT2D eigenvalue weighted by Gasteiger charge is -2.37. The number of esters is 1. The molecule has 0 fully saturated rings. The lowest BCUT2D eigenvalue weighted by atomic mass is 9.76. The van der Waals surface area contributed by atoms with E-state index in [0.717, 1.165) is 23.4 Å². The Labute approximate surface area is 230 Å². The van der Waals surface area contributed by atoms with Gasteiger partial charge < -0.3 is 19.7 Å². The summed E-state index contributed by atoms with van der Waals surface area (Å²) in [6.45, 7) is 7.21. The van der Waals surface area contributed by atoms with Crippen LogP contribution in [0, 0.1) is 6.92 Å². The Morgan fingerprint density at radius 1 is 0.875 bits per heavy atom. The standard InChI is InChI=1S/C32H27F3N2O3/c1-4-37(5-2)24-17-19(3)29(36-21-12-10-11-20(18-21)32(33,34)35)28-27(24)30(38)40-31(28)22-13-6-8-15-25(22)39-26-16-9-7-14-23(26)31/h6-18,36H,4-5H2,1-3H3. The summed E-state index contributed by atoms with van der Waals surface area (Å²) in [6, 6.07) is 21.7. The molecule has 0 unspecified atom stereocenters. The molecule has 2 aliphatic rings. The minimum atomic E-state index is -4.50. The van der Waals surface area contributed by atoms with Gasteiger partial charge in [-0.25, -0.2) is 4.79 Å². The first-order valence-electron chi connectivity index (χ1n) is 13.2. The first-order chi connectivity index (χ1) is 19.2. The number of anilines is 3. The Hall–Kier alpha value is -4.46. The highest BCUT2D eigenvalue weighted by atomic mass is 19.4. The zero-order valence-electron chi connectivity index (χ0n) is 22.2. The maximum absolute atomic E-state index is 14.0. The summed E-state index contributed by atoms with van der Waals surface area (Å²) < 4.78 is 53.4. The van der Waals surface area contributed by atoms with Crippen LogP contribution in [0.2, 0.25) is 0 Å². The average molecular weight is 545 g/mol. The summed E-state index contributed by atoms with van der Waals surface area (Å²) in [6.07, 6.45) is -4.50. The number of fused-ring (bicyclic) bond motifs is 6. The van der Waals surface area contributed by atoms with Gasteiger partial charge in [0.1, 0.15) is 11.5 Å². The third kappa shape index (κ3) is 3.81. The van der Waals surface area contributed by atoms with Crippen LogP contribution in [0.15, 0.2) is 78.9 Å². The van der Waals surface area contributed by atoms with Crippen LogP contribution in [-0.2, 0) is 16.5 Å². The highest BCUT2D eigenvalue weighted by molar-refractivity contribution is 6.05. The smallest absolute Gasteiger partial charge is 0.416 e. The van der Waals surface area contributed by atoms with Crippen LogP contribution in [0.1, 0.15) is 52.0 Å². The van der Waals surface area contributed by atoms with E-state index in [-0.39, 0.29) is 5.69 Å². The van der Waals surface area contributed by atoms with Gasteiger partial charge in [-0.05, 0) is 62.7 Å². The lowest BCUT2D eigenvalue weighted by Crippen LogP contribution is -2.33. The molecule has 6 rings (SSSR count). The maximum Gasteiger partial charge on any atom is 0.416 e. The lowest BCUT2D eigenvalue weighted by molar-refractivity contribution is -0.137. The quantitative estimate of drug-likeness (QED) is 0.257. The topological polar surface area (TPSA) is 50.8 Å². The summed E-state index contributed by atoms with van der Waals surface area (Å²) in [5, 5.41) is 3.25. The van der Waals surface area contributed by atoms with E-state index >= 15 is 0 Å². The van der Waals surface area contributed by atoms with Crippen molar-refractivity contribution in [1.82, 2.24) is 0 Å². The zero-order valence-corrected chi connectivity index (χ0v) is 22.2. The molecular formula is C32H27F3N2O3. The molecule has 1 spiro atoms. The number of carbonyl (C=O) groups excluding carboxylic acids is 1. The summed E-state index contributed by atoms with van der Waals surface area (Å²) >= 11 is 0. The SMILES string of the molecule is CCN(CC)c1cc(C)c(Nc2cccc(C(F)(F)F)c2)c2c1C(=O)OC21c2ccccc2Oc2ccccc21. The number of rotatable bonds is 5. The van der Waals surface area contributed by atoms with Crippen LogP contribution < -0.4 is 15.0 Å². The molecule has 0 aliphatic carbocycles. The molecule has 0 radical (unpaired) electrons. The van der Waals surface area contributed by atoms with Crippen molar-refractivity contribution in [3.63, 3.8) is 0 Å². The Kier molecular flexibility index (Phi) is 6.02. The van der Waals surface area contributed by atoms with Gasteiger partial charge in [0.2, 0.25) is 0 Å². The second kappa shape index (κ2) is 9.33. The molecule has 4 aromatic carbocycles. The molecule has 0 aromatic heterocycles. The third-order valence-electron chi connectivity index (χ3n) is 7.62. The van der Waals surface area contributed by atoms with Crippen molar-refractivity contribution in [1.29, 1.82) is 0 Å². The second-order valence-electron chi connectivity index (χ2n) is 9.88. The predicted octanol–water partition coefficient (Wildman–Crippen LogP) is 8.17. The highest BCUT2D eigenvalue weighted by Gasteiger charge is 2.56. The number of aryl methyl sites for hydroxylation is 1. The molecule has 5 nitrogen and oxygen atoms in total. The monoisotopic (exact) mass is 544 g/mol. The van der Waals surface area contributed by atoms with Gasteiger partial charge in [0.15, 0.2) is 5.60 Å². The van der Waals surface area contributed by atoms with Crippen molar-refractivity contribution in [2.45, 2.75) is 32.5 Å². The number of alkyl halides is 3. The molecule has 0 bridgehead atoms. The number of hydrogen-bond acceptors (Lipinski definition) is 5. The molecule has 2 aliphatic heterocycles. The molecule has 1 N–H and O–H groups in total. The Morgan fingerprint density at radius 2 is 1.50 bits per heavy atom. The van der Waals surface area contributed by atoms with E-state index in [0.29, 0.717) is 52.5 Å². The largest absolute Gasteiger partial charge is 0.456 e. The van der Waals surface area contributed by atoms with E-state index in [1.54, 1.807) is 6.07 Å². The minimum Gasteiger partial charge on any atom is -0.456 e. The van der Waals surface area contributed by atoms with Crippen molar-refractivity contribution >= 4 is 23.0 Å². The van der Waals surface area contributed by atoms with E-state index < -0.39 is 23.3 Å². The molecular weight excluding hydrogens is 517 g/mol. The van der Waals surface area contributed by atoms with Crippen molar-refractivity contribution in [2.24, 2.45) is 0 Å². The van der Waals surface area contributed by atoms with Crippen LogP contribution in [0.4, 0.5) is 30.2 Å². The van der Waals surface area contributed by atoms with Gasteiger partial charge in [0.05, 0.1) is 22.5 Å². The Bertz CT molecular complexity index is 1600. The van der Waals surface area contributed by atoms with Crippen LogP contribution in [0.25, 0.3) is 0 Å². The molecule has 0 saturated carbocycles. The molecule has 40 heavy (non-hydrogen) atoms. The zero-order chi connectivity index (χ0) is 28.2. The first-order valence-corrected chi connectivity index (χ1v) is 13.2. The number of para-hydroxylation sites is 2. The molecule has 4 aromatic rings. The fourth-order valence-corrected chi connectivity index (χ4v) is 5.83. The average Bonchev–Trinajstić information content (AvgIpc) is 3.24. The molecule has 8 heteroatoms. The number of ether oxygens (including phenoxy) is 2. The van der Waals surface area contributed by atoms with Gasteiger partial charge in [0.25, 0.3) is 0 Å². The third-order valence-corrected chi connectivity index (χ3v) is 7.62. The van der Waals surface area contributed by atoms with Crippen LogP contribution >= 0.6 is 0 Å². The van der Waals surface area contributed by atoms with Gasteiger partial charge in [-0.3, -0.25) is 0 Å². The number of benzene rings is 4. The number of hydrogen-bond donors (Lipinski definition) is 1. The van der Waals surface area contributed by atoms with Crippen molar-refractivity contribution < 1.29 is 27.4 Å². The van der Waals surface area contributed by atoms with Crippen molar-refractivity contribution in [3.05, 3.63) is 112 Å². The summed E-state index contributed by atoms with van der Waals surface area (Å²) in [7, 11) is 0. The molecule has 0 atom stereocenters. The van der Waals surface area contributed by atoms with E-state index in [1.807, 2.05) is 75.4 Å². The first kappa shape index (κ1) is 25.8. The number of carbonyl (C=O) groups is 1. The van der Waals surface area contributed by atoms with Gasteiger partial charge in [-0.1, -0.05) is 42.5 Å². The summed E-state index contributed by atoms with van der Waals surface area (Å²) in [4.78, 5) is 16.0. The van der Waals surface area contributed by atoms with E-state index in [2.05, 4.69) is 10.2 Å². The molecule has 0 amide bonds. The van der Waals surface area contributed by atoms with Gasteiger partial charge >= 0.3 is 12.1 Å². The maximum atomic E-state index is 14.0. The molecule has 2 heterocycles. The Morgan fingerprint density at radius 3 is 2.10 bits per heavy atom. The minimum absolute atomic E-state index is 0.249. The van der Waals surface area contributed by atoms with Crippen LogP contribution in [-0.4, -0.2) is 19.1 Å². The summed E-state index contributed by atoms with van der Waals surface area (Å²) in [5.41, 5.74) is 2.32. The van der Waals surface area contributed by atoms with Crippen molar-refractivity contribution in [2.75, 3.05) is 23.3 Å². The van der Waals surface area contributed by atoms with E-state index in [4.69, 9.17) is 9.47 Å². The number of halogens is 3. The number of nitrogens with one attached hydrogen (secondary N) is 1. The Balaban J connectivity index is 1.69. The predicted molar refractivity (Wildman–Crippen MR) is 148 cm³/mol. The fourth-order valence-electron chi connectivity index (χ4n) is 5.83. The van der Waals surface area contributed by atoms with Gasteiger partial charge in [-0.2, -0.15) is 13.2 Å². The molecule has 204 valence electrons. The van der Waals surface area contributed by atoms with Crippen LogP contribution in [0.3, 0.4) is 0 Å². The fraction of sp³-hybridized carbons (Fsp3) is 0.219. The second-order valence-corrected chi connectivity index (χ2v) is 9.88. The van der Waals surface area contributed by atoms with Crippen LogP contribution in [0.5, 0.6) is 11.5 Å². The van der Waals surface area contributed by atoms with E-state index in [1.165, 1.54) is 6.07 Å².